The van der Waals surface area contributed by atoms with Crippen LogP contribution in [-0.4, -0.2) is 32.0 Å². The molecule has 7 heteroatoms. The Morgan fingerprint density at radius 3 is 2.69 bits per heavy atom. The first-order valence-electron chi connectivity index (χ1n) is 9.21. The Balaban J connectivity index is 2.34. The molecule has 0 amide bonds. The highest BCUT2D eigenvalue weighted by molar-refractivity contribution is 5.82. The minimum absolute atomic E-state index is 0.325. The number of methoxy groups -OCH3 is 2. The van der Waals surface area contributed by atoms with Crippen molar-refractivity contribution in [1.82, 2.24) is 4.98 Å². The fraction of sp³-hybridized carbons (Fsp3) is 0.318. The van der Waals surface area contributed by atoms with E-state index in [1.807, 2.05) is 38.1 Å². The van der Waals surface area contributed by atoms with E-state index in [1.165, 1.54) is 0 Å². The lowest BCUT2D eigenvalue weighted by molar-refractivity contribution is 0.184. The van der Waals surface area contributed by atoms with E-state index in [2.05, 4.69) is 28.2 Å². The fourth-order valence-corrected chi connectivity index (χ4v) is 2.91. The number of rotatable bonds is 10. The fourth-order valence-electron chi connectivity index (χ4n) is 2.91. The second kappa shape index (κ2) is 10.8. The smallest absolute Gasteiger partial charge is 0.164 e. The van der Waals surface area contributed by atoms with Crippen LogP contribution in [0.25, 0.3) is 0 Å². The van der Waals surface area contributed by atoms with Crippen molar-refractivity contribution in [2.24, 2.45) is 5.10 Å². The highest BCUT2D eigenvalue weighted by atomic mass is 16.5. The number of benzene rings is 1. The number of nitrogens with one attached hydrogen (secondary N) is 1. The van der Waals surface area contributed by atoms with Gasteiger partial charge in [0.15, 0.2) is 17.3 Å². The number of nitrogens with zero attached hydrogens (tertiary/aromatic N) is 3. The maximum Gasteiger partial charge on any atom is 0.164 e. The number of nitriles is 1. The summed E-state index contributed by atoms with van der Waals surface area (Å²) in [6, 6.07) is 7.80. The van der Waals surface area contributed by atoms with Crippen LogP contribution < -0.4 is 14.9 Å². The average molecular weight is 394 g/mol. The lowest BCUT2D eigenvalue weighted by Crippen LogP contribution is -2.04. The van der Waals surface area contributed by atoms with Crippen molar-refractivity contribution in [3.05, 3.63) is 58.8 Å². The molecule has 0 saturated heterocycles. The first-order chi connectivity index (χ1) is 14.1. The van der Waals surface area contributed by atoms with Crippen LogP contribution >= 0.6 is 0 Å². The van der Waals surface area contributed by atoms with Gasteiger partial charge in [-0.25, -0.2) is 4.98 Å². The molecule has 0 saturated carbocycles. The number of aromatic nitrogens is 1. The van der Waals surface area contributed by atoms with E-state index in [4.69, 9.17) is 14.2 Å². The third-order valence-electron chi connectivity index (χ3n) is 4.05. The monoisotopic (exact) mass is 394 g/mol. The number of aryl methyl sites for hydroxylation is 1. The van der Waals surface area contributed by atoms with Crippen LogP contribution in [0, 0.1) is 18.3 Å². The molecule has 0 radical (unpaired) electrons. The van der Waals surface area contributed by atoms with Crippen LogP contribution in [0.5, 0.6) is 11.5 Å². The van der Waals surface area contributed by atoms with Gasteiger partial charge in [-0.15, -0.1) is 6.58 Å². The highest BCUT2D eigenvalue weighted by Gasteiger charge is 2.13. The second-order valence-corrected chi connectivity index (χ2v) is 6.20. The van der Waals surface area contributed by atoms with Crippen molar-refractivity contribution < 1.29 is 14.2 Å². The molecule has 0 spiro atoms. The van der Waals surface area contributed by atoms with Gasteiger partial charge in [-0.1, -0.05) is 6.08 Å². The molecule has 0 atom stereocenters. The van der Waals surface area contributed by atoms with Crippen molar-refractivity contribution >= 4 is 12.0 Å². The van der Waals surface area contributed by atoms with E-state index in [0.29, 0.717) is 42.5 Å². The number of anilines is 1. The molecule has 0 unspecified atom stereocenters. The topological polar surface area (TPSA) is 88.8 Å². The minimum atomic E-state index is 0.325. The van der Waals surface area contributed by atoms with E-state index in [0.717, 1.165) is 22.4 Å². The van der Waals surface area contributed by atoms with E-state index < -0.39 is 0 Å². The maximum absolute atomic E-state index is 9.50. The van der Waals surface area contributed by atoms with Crippen LogP contribution in [0.1, 0.15) is 34.9 Å². The van der Waals surface area contributed by atoms with Crippen molar-refractivity contribution in [3.8, 4) is 17.6 Å². The standard InChI is InChI=1S/C22H26N4O3/c1-6-8-17-10-16(11-20(28-5)21(17)29-7-2)13-24-26-22-19(12-23)18(14-27-4)9-15(3)25-22/h6,9-11,13H,1,7-8,14H2,2-5H3,(H,25,26). The van der Waals surface area contributed by atoms with E-state index >= 15 is 0 Å². The Kier molecular flexibility index (Phi) is 8.19. The summed E-state index contributed by atoms with van der Waals surface area (Å²) >= 11 is 0. The Morgan fingerprint density at radius 1 is 1.28 bits per heavy atom. The molecular weight excluding hydrogens is 368 g/mol. The highest BCUT2D eigenvalue weighted by Crippen LogP contribution is 2.33. The van der Waals surface area contributed by atoms with Crippen LogP contribution in [0.4, 0.5) is 5.82 Å². The number of hydrazone groups is 1. The number of allylic oxidation sites excluding steroid dienone is 1. The Hall–Kier alpha value is -3.37. The number of pyridine rings is 1. The molecular formula is C22H26N4O3. The molecule has 1 heterocycles. The quantitative estimate of drug-likeness (QED) is 0.372. The van der Waals surface area contributed by atoms with Gasteiger partial charge in [0.2, 0.25) is 0 Å². The zero-order valence-electron chi connectivity index (χ0n) is 17.3. The zero-order chi connectivity index (χ0) is 21.2. The molecule has 1 aromatic heterocycles. The van der Waals surface area contributed by atoms with Gasteiger partial charge in [0.1, 0.15) is 11.6 Å². The molecule has 0 aliphatic rings. The summed E-state index contributed by atoms with van der Waals surface area (Å²) in [6.45, 7) is 8.45. The molecule has 1 aromatic carbocycles. The molecule has 0 aliphatic heterocycles. The largest absolute Gasteiger partial charge is 0.493 e. The molecule has 1 N–H and O–H groups in total. The third-order valence-corrected chi connectivity index (χ3v) is 4.05. The summed E-state index contributed by atoms with van der Waals surface area (Å²) in [4.78, 5) is 4.38. The number of hydrogen-bond donors (Lipinski definition) is 1. The summed E-state index contributed by atoms with van der Waals surface area (Å²) in [5, 5.41) is 13.8. The van der Waals surface area contributed by atoms with E-state index in [-0.39, 0.29) is 0 Å². The Labute approximate surface area is 171 Å². The first kappa shape index (κ1) is 21.9. The molecule has 29 heavy (non-hydrogen) atoms. The number of ether oxygens (including phenoxy) is 3. The lowest BCUT2D eigenvalue weighted by atomic mass is 10.1. The maximum atomic E-state index is 9.50. The first-order valence-corrected chi connectivity index (χ1v) is 9.21. The Morgan fingerprint density at radius 2 is 2.07 bits per heavy atom. The van der Waals surface area contributed by atoms with Gasteiger partial charge in [0, 0.05) is 23.9 Å². The predicted octanol–water partition coefficient (Wildman–Crippen LogP) is 3.99. The second-order valence-electron chi connectivity index (χ2n) is 6.20. The molecule has 0 aliphatic carbocycles. The van der Waals surface area contributed by atoms with Crippen molar-refractivity contribution in [2.75, 3.05) is 26.3 Å². The summed E-state index contributed by atoms with van der Waals surface area (Å²) < 4.78 is 16.4. The van der Waals surface area contributed by atoms with Gasteiger partial charge >= 0.3 is 0 Å². The molecule has 2 aromatic rings. The van der Waals surface area contributed by atoms with Gasteiger partial charge in [0.05, 0.1) is 26.5 Å². The van der Waals surface area contributed by atoms with E-state index in [9.17, 15) is 5.26 Å². The molecule has 2 rings (SSSR count). The van der Waals surface area contributed by atoms with Crippen LogP contribution in [-0.2, 0) is 17.8 Å². The van der Waals surface area contributed by atoms with Gasteiger partial charge in [-0.3, -0.25) is 5.43 Å². The van der Waals surface area contributed by atoms with Gasteiger partial charge in [0.25, 0.3) is 0 Å². The summed E-state index contributed by atoms with van der Waals surface area (Å²) in [5.41, 5.74) is 6.58. The SMILES string of the molecule is C=CCc1cc(C=NNc2nc(C)cc(COC)c2C#N)cc(OC)c1OCC. The van der Waals surface area contributed by atoms with Crippen LogP contribution in [0.2, 0.25) is 0 Å². The van der Waals surface area contributed by atoms with Crippen LogP contribution in [0.3, 0.4) is 0 Å². The molecule has 7 nitrogen and oxygen atoms in total. The molecule has 0 fully saturated rings. The Bertz CT molecular complexity index is 933. The van der Waals surface area contributed by atoms with Crippen molar-refractivity contribution in [1.29, 1.82) is 5.26 Å². The normalized spacial score (nSPS) is 10.6. The van der Waals surface area contributed by atoms with Crippen LogP contribution in [0.15, 0.2) is 36.0 Å². The molecule has 152 valence electrons. The minimum Gasteiger partial charge on any atom is -0.493 e. The van der Waals surface area contributed by atoms with Gasteiger partial charge < -0.3 is 14.2 Å². The van der Waals surface area contributed by atoms with Crippen molar-refractivity contribution in [2.45, 2.75) is 26.9 Å². The van der Waals surface area contributed by atoms with E-state index in [1.54, 1.807) is 20.4 Å². The van der Waals surface area contributed by atoms with Gasteiger partial charge in [-0.05, 0) is 44.0 Å². The van der Waals surface area contributed by atoms with Crippen molar-refractivity contribution in [3.63, 3.8) is 0 Å². The summed E-state index contributed by atoms with van der Waals surface area (Å²) in [7, 11) is 3.18. The summed E-state index contributed by atoms with van der Waals surface area (Å²) in [6.07, 6.45) is 4.09. The third kappa shape index (κ3) is 5.56. The van der Waals surface area contributed by atoms with Gasteiger partial charge in [-0.2, -0.15) is 10.4 Å². The predicted molar refractivity (Wildman–Crippen MR) is 114 cm³/mol. The lowest BCUT2D eigenvalue weighted by Gasteiger charge is -2.14. The number of hydrogen-bond acceptors (Lipinski definition) is 7. The molecule has 0 bridgehead atoms. The zero-order valence-corrected chi connectivity index (χ0v) is 17.3. The average Bonchev–Trinajstić information content (AvgIpc) is 2.70. The summed E-state index contributed by atoms with van der Waals surface area (Å²) in [5.74, 6) is 1.72.